The molecule has 0 saturated heterocycles. The number of hydrogen-bond acceptors (Lipinski definition) is 2. The molecule has 3 heteroatoms. The van der Waals surface area contributed by atoms with Gasteiger partial charge in [0.2, 0.25) is 0 Å². The molecule has 4 aromatic rings. The van der Waals surface area contributed by atoms with Crippen molar-refractivity contribution >= 4 is 0 Å². The zero-order valence-electron chi connectivity index (χ0n) is 15.4. The van der Waals surface area contributed by atoms with Gasteiger partial charge in [0, 0.05) is 24.1 Å². The predicted molar refractivity (Wildman–Crippen MR) is 109 cm³/mol. The fraction of sp³-hybridized carbons (Fsp3) is 0.125. The molecule has 27 heavy (non-hydrogen) atoms. The van der Waals surface area contributed by atoms with E-state index < -0.39 is 0 Å². The van der Waals surface area contributed by atoms with Crippen molar-refractivity contribution in [1.29, 1.82) is 0 Å². The summed E-state index contributed by atoms with van der Waals surface area (Å²) in [6.07, 6.45) is 2.68. The molecule has 3 aromatic carbocycles. The first kappa shape index (κ1) is 17.1. The van der Waals surface area contributed by atoms with Crippen molar-refractivity contribution in [3.05, 3.63) is 108 Å². The van der Waals surface area contributed by atoms with Gasteiger partial charge in [0.25, 0.3) is 0 Å². The molecule has 0 unspecified atom stereocenters. The number of aromatic nitrogens is 2. The molecular formula is C24H22N2O. The summed E-state index contributed by atoms with van der Waals surface area (Å²) < 4.78 is 7.76. The minimum Gasteiger partial charge on any atom is -0.496 e. The topological polar surface area (TPSA) is 27.1 Å². The van der Waals surface area contributed by atoms with E-state index >= 15 is 0 Å². The molecule has 0 atom stereocenters. The van der Waals surface area contributed by atoms with E-state index in [0.29, 0.717) is 0 Å². The van der Waals surface area contributed by atoms with Gasteiger partial charge in [0.15, 0.2) is 0 Å². The number of imidazole rings is 1. The van der Waals surface area contributed by atoms with Crippen molar-refractivity contribution in [3.63, 3.8) is 0 Å². The summed E-state index contributed by atoms with van der Waals surface area (Å²) in [6.45, 7) is 0.796. The fourth-order valence-electron chi connectivity index (χ4n) is 3.41. The number of rotatable bonds is 6. The van der Waals surface area contributed by atoms with Crippen molar-refractivity contribution < 1.29 is 4.74 Å². The maximum Gasteiger partial charge on any atom is 0.122 e. The normalized spacial score (nSPS) is 10.7. The Kier molecular flexibility index (Phi) is 5.01. The number of benzene rings is 3. The second-order valence-corrected chi connectivity index (χ2v) is 6.51. The third-order valence-corrected chi connectivity index (χ3v) is 4.71. The van der Waals surface area contributed by atoms with Crippen LogP contribution in [0.2, 0.25) is 0 Å². The van der Waals surface area contributed by atoms with E-state index in [2.05, 4.69) is 59.2 Å². The average molecular weight is 354 g/mol. The Hall–Kier alpha value is -3.33. The van der Waals surface area contributed by atoms with Crippen LogP contribution in [-0.4, -0.2) is 16.7 Å². The molecule has 3 nitrogen and oxygen atoms in total. The number of ether oxygens (including phenoxy) is 1. The van der Waals surface area contributed by atoms with Crippen LogP contribution in [-0.2, 0) is 13.0 Å². The largest absolute Gasteiger partial charge is 0.496 e. The Morgan fingerprint density at radius 3 is 2.22 bits per heavy atom. The second kappa shape index (κ2) is 7.92. The van der Waals surface area contributed by atoms with Gasteiger partial charge in [-0.2, -0.15) is 0 Å². The minimum atomic E-state index is 0.732. The molecule has 0 fully saturated rings. The molecule has 0 amide bonds. The summed E-state index contributed by atoms with van der Waals surface area (Å²) in [6, 6.07) is 29.1. The number of methoxy groups -OCH3 is 1. The molecule has 0 aliphatic rings. The van der Waals surface area contributed by atoms with Gasteiger partial charge in [0.1, 0.15) is 5.75 Å². The first-order valence-corrected chi connectivity index (χ1v) is 9.10. The van der Waals surface area contributed by atoms with Gasteiger partial charge in [-0.15, -0.1) is 0 Å². The van der Waals surface area contributed by atoms with Gasteiger partial charge in [-0.25, -0.2) is 4.98 Å². The molecular weight excluding hydrogens is 332 g/mol. The molecule has 4 rings (SSSR count). The lowest BCUT2D eigenvalue weighted by molar-refractivity contribution is 0.410. The minimum absolute atomic E-state index is 0.732. The molecule has 0 N–H and O–H groups in total. The van der Waals surface area contributed by atoms with Crippen LogP contribution in [0.5, 0.6) is 5.75 Å². The molecule has 0 bridgehead atoms. The Balaban J connectivity index is 1.75. The monoisotopic (exact) mass is 354 g/mol. The van der Waals surface area contributed by atoms with Crippen LogP contribution < -0.4 is 4.74 Å². The Morgan fingerprint density at radius 2 is 1.48 bits per heavy atom. The standard InChI is InChI=1S/C24H22N2O/c1-27-23-15-9-8-14-21(23)16-22-24(20-12-6-3-7-13-20)26(18-25-22)17-19-10-4-2-5-11-19/h2-15,18H,16-17H2,1H3. The summed E-state index contributed by atoms with van der Waals surface area (Å²) in [5, 5.41) is 0. The molecule has 0 saturated carbocycles. The van der Waals surface area contributed by atoms with Gasteiger partial charge in [-0.3, -0.25) is 0 Å². The average Bonchev–Trinajstić information content (AvgIpc) is 3.12. The quantitative estimate of drug-likeness (QED) is 0.476. The number of nitrogens with zero attached hydrogens (tertiary/aromatic N) is 2. The van der Waals surface area contributed by atoms with Crippen LogP contribution >= 0.6 is 0 Å². The van der Waals surface area contributed by atoms with E-state index in [0.717, 1.165) is 35.7 Å². The summed E-state index contributed by atoms with van der Waals surface area (Å²) in [5.41, 5.74) is 5.79. The maximum atomic E-state index is 5.53. The lowest BCUT2D eigenvalue weighted by atomic mass is 10.0. The van der Waals surface area contributed by atoms with Crippen molar-refractivity contribution in [3.8, 4) is 17.0 Å². The summed E-state index contributed by atoms with van der Waals surface area (Å²) >= 11 is 0. The molecule has 0 aliphatic heterocycles. The smallest absolute Gasteiger partial charge is 0.122 e. The number of para-hydroxylation sites is 1. The molecule has 134 valence electrons. The third-order valence-electron chi connectivity index (χ3n) is 4.71. The lowest BCUT2D eigenvalue weighted by Crippen LogP contribution is -2.02. The highest BCUT2D eigenvalue weighted by molar-refractivity contribution is 5.63. The van der Waals surface area contributed by atoms with Crippen molar-refractivity contribution in [1.82, 2.24) is 9.55 Å². The van der Waals surface area contributed by atoms with Crippen molar-refractivity contribution in [2.75, 3.05) is 7.11 Å². The van der Waals surface area contributed by atoms with E-state index in [1.54, 1.807) is 7.11 Å². The third kappa shape index (κ3) is 3.77. The second-order valence-electron chi connectivity index (χ2n) is 6.51. The zero-order chi connectivity index (χ0) is 18.5. The van der Waals surface area contributed by atoms with Gasteiger partial charge in [-0.05, 0) is 11.6 Å². The molecule has 1 heterocycles. The van der Waals surface area contributed by atoms with Gasteiger partial charge < -0.3 is 9.30 Å². The van der Waals surface area contributed by atoms with Crippen molar-refractivity contribution in [2.24, 2.45) is 0 Å². The molecule has 0 radical (unpaired) electrons. The lowest BCUT2D eigenvalue weighted by Gasteiger charge is -2.12. The first-order valence-electron chi connectivity index (χ1n) is 9.10. The van der Waals surface area contributed by atoms with Crippen LogP contribution in [0.1, 0.15) is 16.8 Å². The maximum absolute atomic E-state index is 5.53. The summed E-state index contributed by atoms with van der Waals surface area (Å²) in [7, 11) is 1.71. The Labute approximate surface area is 159 Å². The summed E-state index contributed by atoms with van der Waals surface area (Å²) in [4.78, 5) is 4.77. The number of hydrogen-bond donors (Lipinski definition) is 0. The van der Waals surface area contributed by atoms with Gasteiger partial charge >= 0.3 is 0 Å². The first-order chi connectivity index (χ1) is 13.3. The van der Waals surface area contributed by atoms with E-state index in [1.165, 1.54) is 11.1 Å². The predicted octanol–water partition coefficient (Wildman–Crippen LogP) is 5.20. The molecule has 0 aliphatic carbocycles. The van der Waals surface area contributed by atoms with Crippen LogP contribution in [0.25, 0.3) is 11.3 Å². The van der Waals surface area contributed by atoms with Crippen LogP contribution in [0.4, 0.5) is 0 Å². The Morgan fingerprint density at radius 1 is 0.815 bits per heavy atom. The van der Waals surface area contributed by atoms with E-state index in [9.17, 15) is 0 Å². The molecule has 1 aromatic heterocycles. The molecule has 0 spiro atoms. The van der Waals surface area contributed by atoms with Gasteiger partial charge in [-0.1, -0.05) is 78.9 Å². The Bertz CT molecular complexity index is 1010. The van der Waals surface area contributed by atoms with E-state index in [-0.39, 0.29) is 0 Å². The van der Waals surface area contributed by atoms with Crippen LogP contribution in [0, 0.1) is 0 Å². The highest BCUT2D eigenvalue weighted by atomic mass is 16.5. The summed E-state index contributed by atoms with van der Waals surface area (Å²) in [5.74, 6) is 0.897. The van der Waals surface area contributed by atoms with Crippen LogP contribution in [0.15, 0.2) is 91.3 Å². The highest BCUT2D eigenvalue weighted by Crippen LogP contribution is 2.28. The van der Waals surface area contributed by atoms with Gasteiger partial charge in [0.05, 0.1) is 24.8 Å². The van der Waals surface area contributed by atoms with E-state index in [1.807, 2.05) is 36.7 Å². The van der Waals surface area contributed by atoms with Crippen molar-refractivity contribution in [2.45, 2.75) is 13.0 Å². The fourth-order valence-corrected chi connectivity index (χ4v) is 3.41. The van der Waals surface area contributed by atoms with E-state index in [4.69, 9.17) is 9.72 Å². The SMILES string of the molecule is COc1ccccc1Cc1ncn(Cc2ccccc2)c1-c1ccccc1. The van der Waals surface area contributed by atoms with Crippen LogP contribution in [0.3, 0.4) is 0 Å². The highest BCUT2D eigenvalue weighted by Gasteiger charge is 2.15. The zero-order valence-corrected chi connectivity index (χ0v) is 15.4.